The van der Waals surface area contributed by atoms with Crippen molar-refractivity contribution in [3.8, 4) is 17.3 Å². The number of aromatic amines is 1. The molecule has 10 nitrogen and oxygen atoms in total. The second-order valence-electron chi connectivity index (χ2n) is 6.12. The van der Waals surface area contributed by atoms with Gasteiger partial charge in [0, 0.05) is 16.8 Å². The van der Waals surface area contributed by atoms with Gasteiger partial charge >= 0.3 is 0 Å². The average Bonchev–Trinajstić information content (AvgIpc) is 2.80. The molecular formula is C20H18N8O2S. The van der Waals surface area contributed by atoms with Crippen molar-refractivity contribution in [3.63, 3.8) is 0 Å². The summed E-state index contributed by atoms with van der Waals surface area (Å²) in [7, 11) is 0. The van der Waals surface area contributed by atoms with Gasteiger partial charge in [-0.15, -0.1) is 0 Å². The number of amides is 1. The molecule has 1 heterocycles. The fourth-order valence-electron chi connectivity index (χ4n) is 2.62. The number of para-hydroxylation sites is 1. The Morgan fingerprint density at radius 1 is 1.23 bits per heavy atom. The highest BCUT2D eigenvalue weighted by molar-refractivity contribution is 7.99. The predicted molar refractivity (Wildman–Crippen MR) is 119 cm³/mol. The first-order valence-corrected chi connectivity index (χ1v) is 9.91. The van der Waals surface area contributed by atoms with Crippen LogP contribution >= 0.6 is 11.8 Å². The quantitative estimate of drug-likeness (QED) is 0.0965. The molecule has 0 bridgehead atoms. The number of benzene rings is 2. The molecule has 31 heavy (non-hydrogen) atoms. The third-order valence-electron chi connectivity index (χ3n) is 4.11. The third-order valence-corrected chi connectivity index (χ3v) is 4.99. The van der Waals surface area contributed by atoms with E-state index in [1.807, 2.05) is 24.3 Å². The lowest BCUT2D eigenvalue weighted by Crippen LogP contribution is -2.33. The number of rotatable bonds is 6. The van der Waals surface area contributed by atoms with E-state index in [4.69, 9.17) is 11.7 Å². The van der Waals surface area contributed by atoms with E-state index in [0.717, 1.165) is 11.8 Å². The number of anilines is 1. The first-order valence-electron chi connectivity index (χ1n) is 8.93. The Hall–Kier alpha value is -4.14. The number of H-pyrrole nitrogens is 1. The van der Waals surface area contributed by atoms with Crippen LogP contribution < -0.4 is 28.0 Å². The van der Waals surface area contributed by atoms with Crippen molar-refractivity contribution in [2.75, 3.05) is 11.1 Å². The van der Waals surface area contributed by atoms with Crippen molar-refractivity contribution < 1.29 is 4.79 Å². The van der Waals surface area contributed by atoms with Gasteiger partial charge in [-0.2, -0.15) is 10.4 Å². The highest BCUT2D eigenvalue weighted by atomic mass is 32.2. The molecule has 1 amide bonds. The Balaban J connectivity index is 1.94. The van der Waals surface area contributed by atoms with Crippen LogP contribution in [-0.2, 0) is 0 Å². The van der Waals surface area contributed by atoms with Crippen LogP contribution in [0.15, 0.2) is 69.6 Å². The number of nitrogens with zero attached hydrogens (tertiary/aromatic N) is 3. The van der Waals surface area contributed by atoms with Crippen molar-refractivity contribution in [1.29, 1.82) is 5.26 Å². The van der Waals surface area contributed by atoms with Crippen LogP contribution in [0, 0.1) is 11.3 Å². The van der Waals surface area contributed by atoms with Gasteiger partial charge in [-0.25, -0.2) is 10.8 Å². The fraction of sp³-hybridized carbons (Fsp3) is 0.0500. The minimum Gasteiger partial charge on any atom is -0.322 e. The number of hydrogen-bond acceptors (Lipinski definition) is 8. The number of nitrogens with one attached hydrogen (secondary N) is 3. The monoisotopic (exact) mass is 434 g/mol. The molecule has 0 saturated carbocycles. The Labute approximate surface area is 181 Å². The maximum absolute atomic E-state index is 12.6. The van der Waals surface area contributed by atoms with Crippen LogP contribution in [-0.4, -0.2) is 27.5 Å². The molecule has 11 heteroatoms. The van der Waals surface area contributed by atoms with Crippen molar-refractivity contribution in [1.82, 2.24) is 15.4 Å². The molecular weight excluding hydrogens is 416 g/mol. The average molecular weight is 434 g/mol. The topological polar surface area (TPSA) is 175 Å². The molecule has 0 unspecified atom stereocenters. The lowest BCUT2D eigenvalue weighted by Gasteiger charge is -2.09. The normalized spacial score (nSPS) is 10.9. The Bertz CT molecular complexity index is 1220. The highest BCUT2D eigenvalue weighted by Crippen LogP contribution is 2.23. The zero-order valence-corrected chi connectivity index (χ0v) is 16.9. The molecule has 0 atom stereocenters. The van der Waals surface area contributed by atoms with Crippen molar-refractivity contribution in [2.24, 2.45) is 16.8 Å². The summed E-state index contributed by atoms with van der Waals surface area (Å²) >= 11 is 1.12. The van der Waals surface area contributed by atoms with Crippen LogP contribution in [0.25, 0.3) is 11.3 Å². The number of nitrogens with two attached hydrogens (primary N) is 2. The number of carbonyl (C=O) groups excluding carboxylic acids is 1. The van der Waals surface area contributed by atoms with E-state index in [9.17, 15) is 14.9 Å². The summed E-state index contributed by atoms with van der Waals surface area (Å²) in [5.74, 6) is 10.7. The molecule has 1 aromatic heterocycles. The van der Waals surface area contributed by atoms with E-state index < -0.39 is 5.56 Å². The van der Waals surface area contributed by atoms with Gasteiger partial charge in [0.2, 0.25) is 0 Å². The lowest BCUT2D eigenvalue weighted by molar-refractivity contribution is 0.102. The summed E-state index contributed by atoms with van der Waals surface area (Å²) in [6.07, 6.45) is 0. The highest BCUT2D eigenvalue weighted by Gasteiger charge is 2.16. The number of amidine groups is 1. The minimum absolute atomic E-state index is 0.158. The Kier molecular flexibility index (Phi) is 7.00. The standard InChI is InChI=1S/C20H18N8O2S/c21-10-15-17(25-20(26-19(15)30)31-11-16(27-22)28-23)12-5-4-6-13(9-12)18(29)24-14-7-2-1-3-8-14/h1-9H,11,22-23H2,(H,24,29)(H,27,28)(H,25,26,30). The summed E-state index contributed by atoms with van der Waals surface area (Å²) in [6.45, 7) is 0. The lowest BCUT2D eigenvalue weighted by atomic mass is 10.0. The first kappa shape index (κ1) is 21.6. The second kappa shape index (κ2) is 10.1. The van der Waals surface area contributed by atoms with Crippen LogP contribution in [0.4, 0.5) is 5.69 Å². The van der Waals surface area contributed by atoms with Gasteiger partial charge < -0.3 is 21.6 Å². The molecule has 0 aliphatic rings. The van der Waals surface area contributed by atoms with Gasteiger partial charge in [0.15, 0.2) is 5.16 Å². The summed E-state index contributed by atoms with van der Waals surface area (Å²) < 4.78 is 0. The van der Waals surface area contributed by atoms with Crippen molar-refractivity contribution >= 4 is 29.2 Å². The fourth-order valence-corrected chi connectivity index (χ4v) is 3.37. The number of thioether (sulfide) groups is 1. The van der Waals surface area contributed by atoms with Crippen LogP contribution in [0.1, 0.15) is 15.9 Å². The van der Waals surface area contributed by atoms with Gasteiger partial charge in [-0.05, 0) is 24.3 Å². The zero-order chi connectivity index (χ0) is 22.2. The summed E-state index contributed by atoms with van der Waals surface area (Å²) in [5, 5.41) is 16.0. The van der Waals surface area contributed by atoms with E-state index in [2.05, 4.69) is 25.8 Å². The van der Waals surface area contributed by atoms with Crippen LogP contribution in [0.2, 0.25) is 0 Å². The zero-order valence-electron chi connectivity index (χ0n) is 16.1. The first-order chi connectivity index (χ1) is 15.0. The van der Waals surface area contributed by atoms with Gasteiger partial charge in [-0.3, -0.25) is 9.59 Å². The number of hydrazone groups is 1. The maximum Gasteiger partial charge on any atom is 0.270 e. The molecule has 7 N–H and O–H groups in total. The molecule has 3 rings (SSSR count). The SMILES string of the molecule is N#Cc1c(-c2cccc(C(=O)Nc3ccccc3)c2)nc(SC/C(=N/N)NN)[nH]c1=O. The smallest absolute Gasteiger partial charge is 0.270 e. The minimum atomic E-state index is -0.596. The van der Waals surface area contributed by atoms with E-state index in [1.54, 1.807) is 36.4 Å². The van der Waals surface area contributed by atoms with E-state index >= 15 is 0 Å². The second-order valence-corrected chi connectivity index (χ2v) is 7.08. The summed E-state index contributed by atoms with van der Waals surface area (Å²) in [5.41, 5.74) is 3.20. The van der Waals surface area contributed by atoms with Crippen LogP contribution in [0.3, 0.4) is 0 Å². The molecule has 3 aromatic rings. The molecule has 2 aromatic carbocycles. The van der Waals surface area contributed by atoms with E-state index in [0.29, 0.717) is 16.8 Å². The molecule has 0 saturated heterocycles. The van der Waals surface area contributed by atoms with Gasteiger partial charge in [-0.1, -0.05) is 42.1 Å². The third kappa shape index (κ3) is 5.27. The predicted octanol–water partition coefficient (Wildman–Crippen LogP) is 1.39. The number of carbonyl (C=O) groups is 1. The van der Waals surface area contributed by atoms with Crippen molar-refractivity contribution in [3.05, 3.63) is 76.1 Å². The van der Waals surface area contributed by atoms with Crippen LogP contribution in [0.5, 0.6) is 0 Å². The number of hydrogen-bond donors (Lipinski definition) is 5. The Morgan fingerprint density at radius 3 is 2.68 bits per heavy atom. The summed E-state index contributed by atoms with van der Waals surface area (Å²) in [6, 6.07) is 17.4. The molecule has 156 valence electrons. The molecule has 0 radical (unpaired) electrons. The molecule has 0 aliphatic heterocycles. The summed E-state index contributed by atoms with van der Waals surface area (Å²) in [4.78, 5) is 31.9. The van der Waals surface area contributed by atoms with Gasteiger partial charge in [0.25, 0.3) is 11.5 Å². The molecule has 0 aliphatic carbocycles. The molecule has 0 spiro atoms. The maximum atomic E-state index is 12.6. The largest absolute Gasteiger partial charge is 0.322 e. The van der Waals surface area contributed by atoms with Gasteiger partial charge in [0.1, 0.15) is 17.5 Å². The number of hydrazine groups is 1. The number of aromatic nitrogens is 2. The van der Waals surface area contributed by atoms with E-state index in [-0.39, 0.29) is 33.9 Å². The van der Waals surface area contributed by atoms with E-state index in [1.165, 1.54) is 0 Å². The van der Waals surface area contributed by atoms with Gasteiger partial charge in [0.05, 0.1) is 11.4 Å². The van der Waals surface area contributed by atoms with Crippen molar-refractivity contribution in [2.45, 2.75) is 5.16 Å². The number of nitriles is 1. The Morgan fingerprint density at radius 2 is 2.00 bits per heavy atom. The molecule has 0 fully saturated rings.